The van der Waals surface area contributed by atoms with Crippen LogP contribution in [0.1, 0.15) is 32.6 Å². The van der Waals surface area contributed by atoms with Crippen LogP contribution in [0.3, 0.4) is 0 Å². The number of aldehydes is 1. The minimum absolute atomic E-state index is 0.0231. The number of carbonyl (C=O) groups excluding carboxylic acids is 2. The van der Waals surface area contributed by atoms with Crippen LogP contribution in [0.2, 0.25) is 0 Å². The van der Waals surface area contributed by atoms with Crippen molar-refractivity contribution < 1.29 is 23.8 Å². The third kappa shape index (κ3) is 4.29. The molecule has 0 aromatic heterocycles. The molecular formula is C16H21NO5. The molecule has 1 saturated heterocycles. The van der Waals surface area contributed by atoms with Crippen molar-refractivity contribution in [1.82, 2.24) is 5.32 Å². The summed E-state index contributed by atoms with van der Waals surface area (Å²) in [5, 5.41) is 2.53. The van der Waals surface area contributed by atoms with Crippen LogP contribution in [0.15, 0.2) is 30.3 Å². The van der Waals surface area contributed by atoms with Crippen LogP contribution in [0, 0.1) is 0 Å². The quantitative estimate of drug-likeness (QED) is 0.867. The first-order valence-electron chi connectivity index (χ1n) is 7.09. The largest absolute Gasteiger partial charge is 0.444 e. The van der Waals surface area contributed by atoms with E-state index in [1.807, 2.05) is 30.3 Å². The highest BCUT2D eigenvalue weighted by Gasteiger charge is 2.40. The van der Waals surface area contributed by atoms with Crippen molar-refractivity contribution in [1.29, 1.82) is 0 Å². The number of hydrogen-bond acceptors (Lipinski definition) is 5. The van der Waals surface area contributed by atoms with E-state index in [4.69, 9.17) is 14.2 Å². The van der Waals surface area contributed by atoms with Gasteiger partial charge in [-0.15, -0.1) is 0 Å². The van der Waals surface area contributed by atoms with Gasteiger partial charge in [-0.2, -0.15) is 0 Å². The Balaban J connectivity index is 1.97. The van der Waals surface area contributed by atoms with Crippen molar-refractivity contribution in [3.05, 3.63) is 35.9 Å². The molecule has 1 aromatic carbocycles. The number of amides is 1. The summed E-state index contributed by atoms with van der Waals surface area (Å²) in [4.78, 5) is 23.2. The number of carbonyl (C=O) groups is 2. The maximum atomic E-state index is 11.8. The Morgan fingerprint density at radius 2 is 1.86 bits per heavy atom. The molecule has 22 heavy (non-hydrogen) atoms. The molecule has 6 nitrogen and oxygen atoms in total. The van der Waals surface area contributed by atoms with Crippen LogP contribution < -0.4 is 5.32 Å². The van der Waals surface area contributed by atoms with E-state index in [-0.39, 0.29) is 13.2 Å². The van der Waals surface area contributed by atoms with Crippen LogP contribution in [0.5, 0.6) is 0 Å². The molecule has 1 N–H and O–H groups in total. The van der Waals surface area contributed by atoms with E-state index in [0.29, 0.717) is 6.29 Å². The molecule has 120 valence electrons. The summed E-state index contributed by atoms with van der Waals surface area (Å²) in [7, 11) is 0. The highest BCUT2D eigenvalue weighted by Crippen LogP contribution is 2.26. The third-order valence-corrected chi connectivity index (χ3v) is 3.03. The lowest BCUT2D eigenvalue weighted by Gasteiger charge is -2.37. The van der Waals surface area contributed by atoms with Gasteiger partial charge in [-0.05, 0) is 20.8 Å². The molecule has 1 heterocycles. The summed E-state index contributed by atoms with van der Waals surface area (Å²) in [6, 6.07) is 9.40. The lowest BCUT2D eigenvalue weighted by molar-refractivity contribution is -0.212. The van der Waals surface area contributed by atoms with Crippen molar-refractivity contribution in [3.8, 4) is 0 Å². The Bertz CT molecular complexity index is 515. The van der Waals surface area contributed by atoms with Gasteiger partial charge in [-0.25, -0.2) is 4.79 Å². The fraction of sp³-hybridized carbons (Fsp3) is 0.500. The van der Waals surface area contributed by atoms with Crippen LogP contribution in [0.4, 0.5) is 4.79 Å². The van der Waals surface area contributed by atoms with E-state index in [9.17, 15) is 9.59 Å². The Labute approximate surface area is 129 Å². The maximum absolute atomic E-state index is 11.8. The fourth-order valence-electron chi connectivity index (χ4n) is 2.02. The molecule has 0 atom stereocenters. The Kier molecular flexibility index (Phi) is 4.83. The first-order chi connectivity index (χ1) is 10.3. The van der Waals surface area contributed by atoms with Gasteiger partial charge in [0, 0.05) is 5.56 Å². The molecule has 1 aliphatic rings. The number of alkyl carbamates (subject to hydrolysis) is 1. The van der Waals surface area contributed by atoms with Crippen LogP contribution >= 0.6 is 0 Å². The Morgan fingerprint density at radius 3 is 2.36 bits per heavy atom. The molecule has 0 saturated carbocycles. The first-order valence-corrected chi connectivity index (χ1v) is 7.09. The second-order valence-electron chi connectivity index (χ2n) is 6.27. The smallest absolute Gasteiger partial charge is 0.408 e. The predicted octanol–water partition coefficient (Wildman–Crippen LogP) is 2.19. The van der Waals surface area contributed by atoms with Crippen molar-refractivity contribution in [2.24, 2.45) is 0 Å². The molecule has 1 amide bonds. The van der Waals surface area contributed by atoms with Gasteiger partial charge in [0.1, 0.15) is 17.4 Å². The van der Waals surface area contributed by atoms with E-state index < -0.39 is 23.5 Å². The normalized spacial score (nSPS) is 25.3. The second kappa shape index (κ2) is 6.46. The summed E-state index contributed by atoms with van der Waals surface area (Å²) in [5.41, 5.74) is -1.01. The molecule has 1 fully saturated rings. The maximum Gasteiger partial charge on any atom is 0.408 e. The topological polar surface area (TPSA) is 73.9 Å². The number of hydrogen-bond donors (Lipinski definition) is 1. The van der Waals surface area contributed by atoms with Gasteiger partial charge < -0.3 is 24.3 Å². The average molecular weight is 307 g/mol. The highest BCUT2D eigenvalue weighted by molar-refractivity contribution is 5.77. The van der Waals surface area contributed by atoms with Gasteiger partial charge >= 0.3 is 6.09 Å². The van der Waals surface area contributed by atoms with E-state index in [1.165, 1.54) is 0 Å². The lowest BCUT2D eigenvalue weighted by Crippen LogP contribution is -2.59. The van der Waals surface area contributed by atoms with E-state index in [1.54, 1.807) is 20.8 Å². The summed E-state index contributed by atoms with van der Waals surface area (Å²) in [6.45, 7) is 5.29. The predicted molar refractivity (Wildman–Crippen MR) is 79.3 cm³/mol. The average Bonchev–Trinajstić information content (AvgIpc) is 2.47. The molecule has 0 unspecified atom stereocenters. The van der Waals surface area contributed by atoms with Crippen molar-refractivity contribution >= 4 is 12.4 Å². The molecular weight excluding hydrogens is 286 g/mol. The lowest BCUT2D eigenvalue weighted by atomic mass is 10.0. The minimum atomic E-state index is -1.23. The number of benzene rings is 1. The molecule has 2 rings (SSSR count). The monoisotopic (exact) mass is 307 g/mol. The van der Waals surface area contributed by atoms with Gasteiger partial charge in [0.05, 0.1) is 13.2 Å². The molecule has 0 radical (unpaired) electrons. The molecule has 1 aromatic rings. The Morgan fingerprint density at radius 1 is 1.27 bits per heavy atom. The van der Waals surface area contributed by atoms with Gasteiger partial charge in [-0.3, -0.25) is 0 Å². The van der Waals surface area contributed by atoms with Crippen molar-refractivity contribution in [2.45, 2.75) is 38.2 Å². The van der Waals surface area contributed by atoms with Crippen LogP contribution in [-0.4, -0.2) is 36.7 Å². The zero-order valence-electron chi connectivity index (χ0n) is 13.0. The highest BCUT2D eigenvalue weighted by atomic mass is 16.7. The summed E-state index contributed by atoms with van der Waals surface area (Å²) >= 11 is 0. The standard InChI is InChI=1S/C16H21NO5/c1-15(2,3)22-14(19)17-16(9-18)10-20-13(21-11-16)12-7-5-4-6-8-12/h4-9,13H,10-11H2,1-3H3,(H,17,19). The van der Waals surface area contributed by atoms with Crippen LogP contribution in [0.25, 0.3) is 0 Å². The number of nitrogens with one attached hydrogen (secondary N) is 1. The van der Waals surface area contributed by atoms with Crippen molar-refractivity contribution in [3.63, 3.8) is 0 Å². The summed E-state index contributed by atoms with van der Waals surface area (Å²) < 4.78 is 16.3. The SMILES string of the molecule is CC(C)(C)OC(=O)NC1(C=O)COC(c2ccccc2)OC1. The van der Waals surface area contributed by atoms with Gasteiger partial charge in [0.2, 0.25) is 0 Å². The number of ether oxygens (including phenoxy) is 3. The molecule has 0 spiro atoms. The zero-order chi connectivity index (χ0) is 16.2. The minimum Gasteiger partial charge on any atom is -0.444 e. The van der Waals surface area contributed by atoms with Gasteiger partial charge in [-0.1, -0.05) is 30.3 Å². The first kappa shape index (κ1) is 16.5. The van der Waals surface area contributed by atoms with Crippen molar-refractivity contribution in [2.75, 3.05) is 13.2 Å². The molecule has 1 aliphatic heterocycles. The zero-order valence-corrected chi connectivity index (χ0v) is 13.0. The molecule has 0 aliphatic carbocycles. The summed E-state index contributed by atoms with van der Waals surface area (Å²) in [5.74, 6) is 0. The fourth-order valence-corrected chi connectivity index (χ4v) is 2.02. The van der Waals surface area contributed by atoms with E-state index in [0.717, 1.165) is 5.56 Å². The third-order valence-electron chi connectivity index (χ3n) is 3.03. The van der Waals surface area contributed by atoms with Gasteiger partial charge in [0.25, 0.3) is 0 Å². The second-order valence-corrected chi connectivity index (χ2v) is 6.27. The summed E-state index contributed by atoms with van der Waals surface area (Å²) in [6.07, 6.45) is -0.599. The van der Waals surface area contributed by atoms with Gasteiger partial charge in [0.15, 0.2) is 6.29 Å². The molecule has 0 bridgehead atoms. The van der Waals surface area contributed by atoms with E-state index in [2.05, 4.69) is 5.32 Å². The molecule has 6 heteroatoms. The Hall–Kier alpha value is -1.92. The van der Waals surface area contributed by atoms with E-state index >= 15 is 0 Å². The number of rotatable bonds is 3. The van der Waals surface area contributed by atoms with Crippen LogP contribution in [-0.2, 0) is 19.0 Å².